The van der Waals surface area contributed by atoms with E-state index in [0.717, 1.165) is 19.3 Å². The molecule has 1 aromatic rings. The first-order valence-corrected chi connectivity index (χ1v) is 6.45. The van der Waals surface area contributed by atoms with Crippen molar-refractivity contribution in [3.05, 3.63) is 11.9 Å². The highest BCUT2D eigenvalue weighted by Crippen LogP contribution is 2.42. The first kappa shape index (κ1) is 13.5. The fourth-order valence-electron chi connectivity index (χ4n) is 2.29. The third kappa shape index (κ3) is 3.10. The molecule has 0 radical (unpaired) electrons. The van der Waals surface area contributed by atoms with Gasteiger partial charge in [0.05, 0.1) is 6.20 Å². The number of carboxylic acid groups (broad SMARTS) is 1. The van der Waals surface area contributed by atoms with Crippen molar-refractivity contribution in [3.63, 3.8) is 0 Å². The SMILES string of the molecule is CCC1(CNC(=O)Cn2cc(C(=O)O)nn2)CCC1. The van der Waals surface area contributed by atoms with Crippen LogP contribution in [0.25, 0.3) is 0 Å². The largest absolute Gasteiger partial charge is 0.476 e. The fraction of sp³-hybridized carbons (Fsp3) is 0.667. The second-order valence-corrected chi connectivity index (χ2v) is 5.09. The van der Waals surface area contributed by atoms with Crippen LogP contribution in [0.2, 0.25) is 0 Å². The molecule has 2 rings (SSSR count). The van der Waals surface area contributed by atoms with Crippen molar-refractivity contribution in [1.82, 2.24) is 20.3 Å². The van der Waals surface area contributed by atoms with Gasteiger partial charge in [0, 0.05) is 6.54 Å². The summed E-state index contributed by atoms with van der Waals surface area (Å²) < 4.78 is 1.23. The average Bonchev–Trinajstić information content (AvgIpc) is 2.77. The number of carbonyl (C=O) groups excluding carboxylic acids is 1. The summed E-state index contributed by atoms with van der Waals surface area (Å²) in [5.74, 6) is -1.31. The summed E-state index contributed by atoms with van der Waals surface area (Å²) in [6.45, 7) is 2.82. The zero-order chi connectivity index (χ0) is 13.9. The molecule has 0 aromatic carbocycles. The topological polar surface area (TPSA) is 97.1 Å². The fourth-order valence-corrected chi connectivity index (χ4v) is 2.29. The molecular formula is C12H18N4O3. The molecule has 1 amide bonds. The highest BCUT2D eigenvalue weighted by molar-refractivity contribution is 5.84. The van der Waals surface area contributed by atoms with Crippen molar-refractivity contribution < 1.29 is 14.7 Å². The third-order valence-electron chi connectivity index (χ3n) is 3.89. The van der Waals surface area contributed by atoms with Crippen LogP contribution < -0.4 is 5.32 Å². The summed E-state index contributed by atoms with van der Waals surface area (Å²) in [5.41, 5.74) is 0.112. The monoisotopic (exact) mass is 266 g/mol. The molecular weight excluding hydrogens is 248 g/mol. The van der Waals surface area contributed by atoms with Gasteiger partial charge in [-0.1, -0.05) is 18.6 Å². The summed E-state index contributed by atoms with van der Waals surface area (Å²) >= 11 is 0. The predicted molar refractivity (Wildman–Crippen MR) is 66.6 cm³/mol. The summed E-state index contributed by atoms with van der Waals surface area (Å²) in [6, 6.07) is 0. The number of rotatable bonds is 6. The summed E-state index contributed by atoms with van der Waals surface area (Å²) in [6.07, 6.45) is 5.88. The normalized spacial score (nSPS) is 16.7. The Bertz CT molecular complexity index is 474. The van der Waals surface area contributed by atoms with E-state index in [2.05, 4.69) is 22.6 Å². The number of amides is 1. The maximum absolute atomic E-state index is 11.7. The van der Waals surface area contributed by atoms with E-state index in [1.807, 2.05) is 0 Å². The number of hydrogen-bond acceptors (Lipinski definition) is 4. The minimum atomic E-state index is -1.15. The van der Waals surface area contributed by atoms with Gasteiger partial charge in [-0.3, -0.25) is 4.79 Å². The standard InChI is InChI=1S/C12H18N4O3/c1-2-12(4-3-5-12)8-13-10(17)7-16-6-9(11(18)19)14-15-16/h6H,2-5,7-8H2,1H3,(H,13,17)(H,18,19). The molecule has 1 fully saturated rings. The van der Waals surface area contributed by atoms with Gasteiger partial charge in [-0.25, -0.2) is 9.48 Å². The van der Waals surface area contributed by atoms with Crippen molar-refractivity contribution in [2.75, 3.05) is 6.54 Å². The van der Waals surface area contributed by atoms with Gasteiger partial charge in [0.1, 0.15) is 6.54 Å². The molecule has 2 N–H and O–H groups in total. The number of carboxylic acids is 1. The molecule has 1 heterocycles. The first-order chi connectivity index (χ1) is 9.04. The Morgan fingerprint density at radius 1 is 1.53 bits per heavy atom. The lowest BCUT2D eigenvalue weighted by molar-refractivity contribution is -0.122. The minimum Gasteiger partial charge on any atom is -0.476 e. The molecule has 1 aromatic heterocycles. The zero-order valence-corrected chi connectivity index (χ0v) is 10.9. The maximum atomic E-state index is 11.7. The predicted octanol–water partition coefficient (Wildman–Crippen LogP) is 0.673. The van der Waals surface area contributed by atoms with Crippen LogP contribution in [0, 0.1) is 5.41 Å². The molecule has 0 spiro atoms. The lowest BCUT2D eigenvalue weighted by Crippen LogP contribution is -2.42. The van der Waals surface area contributed by atoms with Crippen LogP contribution in [0.1, 0.15) is 43.1 Å². The lowest BCUT2D eigenvalue weighted by atomic mass is 9.67. The average molecular weight is 266 g/mol. The Hall–Kier alpha value is -1.92. The molecule has 1 aliphatic carbocycles. The van der Waals surface area contributed by atoms with Gasteiger partial charge < -0.3 is 10.4 Å². The van der Waals surface area contributed by atoms with Crippen LogP contribution in [0.4, 0.5) is 0 Å². The van der Waals surface area contributed by atoms with E-state index in [9.17, 15) is 9.59 Å². The summed E-state index contributed by atoms with van der Waals surface area (Å²) in [4.78, 5) is 22.4. The quantitative estimate of drug-likeness (QED) is 0.788. The van der Waals surface area contributed by atoms with E-state index in [0.29, 0.717) is 6.54 Å². The number of hydrogen-bond donors (Lipinski definition) is 2. The van der Waals surface area contributed by atoms with E-state index in [4.69, 9.17) is 5.11 Å². The van der Waals surface area contributed by atoms with E-state index in [-0.39, 0.29) is 23.6 Å². The molecule has 0 unspecified atom stereocenters. The number of nitrogens with one attached hydrogen (secondary N) is 1. The number of carbonyl (C=O) groups is 2. The van der Waals surface area contributed by atoms with Gasteiger partial charge in [-0.15, -0.1) is 5.10 Å². The Kier molecular flexibility index (Phi) is 3.82. The van der Waals surface area contributed by atoms with E-state index >= 15 is 0 Å². The third-order valence-corrected chi connectivity index (χ3v) is 3.89. The second-order valence-electron chi connectivity index (χ2n) is 5.09. The lowest BCUT2D eigenvalue weighted by Gasteiger charge is -2.41. The smallest absolute Gasteiger partial charge is 0.358 e. The highest BCUT2D eigenvalue weighted by Gasteiger charge is 2.35. The van der Waals surface area contributed by atoms with Crippen LogP contribution in [-0.4, -0.2) is 38.5 Å². The van der Waals surface area contributed by atoms with Crippen LogP contribution in [0.3, 0.4) is 0 Å². The van der Waals surface area contributed by atoms with Gasteiger partial charge in [0.2, 0.25) is 5.91 Å². The molecule has 1 aliphatic rings. The molecule has 0 saturated heterocycles. The molecule has 104 valence electrons. The van der Waals surface area contributed by atoms with Gasteiger partial charge in [-0.2, -0.15) is 0 Å². The second kappa shape index (κ2) is 5.38. The van der Waals surface area contributed by atoms with Crippen molar-refractivity contribution >= 4 is 11.9 Å². The number of aromatic nitrogens is 3. The van der Waals surface area contributed by atoms with E-state index in [1.54, 1.807) is 0 Å². The van der Waals surface area contributed by atoms with Crippen molar-refractivity contribution in [2.24, 2.45) is 5.41 Å². The summed E-state index contributed by atoms with van der Waals surface area (Å²) in [5, 5.41) is 18.6. The molecule has 19 heavy (non-hydrogen) atoms. The van der Waals surface area contributed by atoms with Crippen LogP contribution in [0.5, 0.6) is 0 Å². The zero-order valence-electron chi connectivity index (χ0n) is 10.9. The minimum absolute atomic E-state index is 0.0000737. The molecule has 0 bridgehead atoms. The number of nitrogens with zero attached hydrogens (tertiary/aromatic N) is 3. The van der Waals surface area contributed by atoms with E-state index < -0.39 is 5.97 Å². The van der Waals surface area contributed by atoms with Crippen molar-refractivity contribution in [2.45, 2.75) is 39.2 Å². The molecule has 1 saturated carbocycles. The van der Waals surface area contributed by atoms with Crippen molar-refractivity contribution in [3.8, 4) is 0 Å². The van der Waals surface area contributed by atoms with E-state index in [1.165, 1.54) is 17.3 Å². The van der Waals surface area contributed by atoms with Crippen molar-refractivity contribution in [1.29, 1.82) is 0 Å². The number of aromatic carboxylic acids is 1. The molecule has 7 heteroatoms. The van der Waals surface area contributed by atoms with Gasteiger partial charge in [-0.05, 0) is 24.7 Å². The Labute approximate surface area is 111 Å². The maximum Gasteiger partial charge on any atom is 0.358 e. The Morgan fingerprint density at radius 2 is 2.26 bits per heavy atom. The van der Waals surface area contributed by atoms with Gasteiger partial charge in [0.25, 0.3) is 0 Å². The van der Waals surface area contributed by atoms with Crippen LogP contribution in [0.15, 0.2) is 6.20 Å². The van der Waals surface area contributed by atoms with Gasteiger partial charge >= 0.3 is 5.97 Å². The van der Waals surface area contributed by atoms with Gasteiger partial charge in [0.15, 0.2) is 5.69 Å². The first-order valence-electron chi connectivity index (χ1n) is 6.45. The van der Waals surface area contributed by atoms with Crippen LogP contribution in [-0.2, 0) is 11.3 Å². The highest BCUT2D eigenvalue weighted by atomic mass is 16.4. The molecule has 7 nitrogen and oxygen atoms in total. The Morgan fingerprint density at radius 3 is 2.74 bits per heavy atom. The molecule has 0 aliphatic heterocycles. The molecule has 0 atom stereocenters. The van der Waals surface area contributed by atoms with Crippen LogP contribution >= 0.6 is 0 Å². The Balaban J connectivity index is 1.82. The summed E-state index contributed by atoms with van der Waals surface area (Å²) in [7, 11) is 0.